The maximum Gasteiger partial charge on any atom is 0.225 e. The molecule has 4 heteroatoms. The molecule has 1 aliphatic heterocycles. The van der Waals surface area contributed by atoms with Gasteiger partial charge in [-0.1, -0.05) is 24.0 Å². The monoisotopic (exact) mass is 327 g/mol. The van der Waals surface area contributed by atoms with Gasteiger partial charge in [0.25, 0.3) is 0 Å². The average molecular weight is 327 g/mol. The van der Waals surface area contributed by atoms with E-state index < -0.39 is 5.60 Å². The Morgan fingerprint density at radius 1 is 1.42 bits per heavy atom. The van der Waals surface area contributed by atoms with Crippen molar-refractivity contribution in [3.05, 3.63) is 35.4 Å². The zero-order valence-corrected chi connectivity index (χ0v) is 14.2. The molecule has 1 heterocycles. The fraction of sp³-hybridized carbons (Fsp3) is 0.550. The molecule has 24 heavy (non-hydrogen) atoms. The Balaban J connectivity index is 1.62. The van der Waals surface area contributed by atoms with Gasteiger partial charge in [0.05, 0.1) is 12.5 Å². The van der Waals surface area contributed by atoms with Crippen molar-refractivity contribution in [2.24, 2.45) is 5.92 Å². The third-order valence-corrected chi connectivity index (χ3v) is 4.83. The Labute approximate surface area is 143 Å². The molecule has 1 amide bonds. The maximum absolute atomic E-state index is 12.2. The van der Waals surface area contributed by atoms with Crippen LogP contribution in [0, 0.1) is 24.7 Å². The molecule has 1 saturated heterocycles. The van der Waals surface area contributed by atoms with Crippen LogP contribution in [0.3, 0.4) is 0 Å². The van der Waals surface area contributed by atoms with Crippen molar-refractivity contribution >= 4 is 5.91 Å². The zero-order valence-electron chi connectivity index (χ0n) is 14.2. The van der Waals surface area contributed by atoms with Crippen molar-refractivity contribution in [1.29, 1.82) is 0 Å². The SMILES string of the molecule is Cc1cccc(C#C[C@@]2(O)CCC[C@@H](NC(=O)[C@@H]3CCOC3)C2)c1. The lowest BCUT2D eigenvalue weighted by molar-refractivity contribution is -0.126. The van der Waals surface area contributed by atoms with Gasteiger partial charge in [-0.2, -0.15) is 0 Å². The van der Waals surface area contributed by atoms with E-state index in [-0.39, 0.29) is 17.9 Å². The summed E-state index contributed by atoms with van der Waals surface area (Å²) >= 11 is 0. The van der Waals surface area contributed by atoms with Crippen LogP contribution in [0.15, 0.2) is 24.3 Å². The minimum Gasteiger partial charge on any atom is -0.381 e. The van der Waals surface area contributed by atoms with E-state index in [9.17, 15) is 9.90 Å². The minimum absolute atomic E-state index is 0.0105. The predicted octanol–water partition coefficient (Wildman–Crippen LogP) is 2.17. The number of rotatable bonds is 2. The van der Waals surface area contributed by atoms with Crippen LogP contribution >= 0.6 is 0 Å². The Bertz CT molecular complexity index is 654. The van der Waals surface area contributed by atoms with E-state index in [2.05, 4.69) is 17.2 Å². The van der Waals surface area contributed by atoms with Crippen LogP contribution in [0.2, 0.25) is 0 Å². The Hall–Kier alpha value is -1.83. The van der Waals surface area contributed by atoms with E-state index in [1.165, 1.54) is 0 Å². The smallest absolute Gasteiger partial charge is 0.225 e. The standard InChI is InChI=1S/C20H25NO3/c1-15-4-2-5-16(12-15)7-10-20(23)9-3-6-18(13-20)21-19(22)17-8-11-24-14-17/h2,4-5,12,17-18,23H,3,6,8-9,11,13-14H2,1H3,(H,21,22)/t17-,18-,20+/m1/s1. The lowest BCUT2D eigenvalue weighted by Gasteiger charge is -2.33. The maximum atomic E-state index is 12.2. The second kappa shape index (κ2) is 7.38. The molecule has 0 spiro atoms. The summed E-state index contributed by atoms with van der Waals surface area (Å²) in [6.45, 7) is 3.20. The van der Waals surface area contributed by atoms with Gasteiger partial charge in [0.2, 0.25) is 5.91 Å². The molecule has 0 bridgehead atoms. The number of amides is 1. The number of aliphatic hydroxyl groups is 1. The van der Waals surface area contributed by atoms with Crippen molar-refractivity contribution in [2.45, 2.75) is 50.7 Å². The van der Waals surface area contributed by atoms with E-state index >= 15 is 0 Å². The van der Waals surface area contributed by atoms with Gasteiger partial charge >= 0.3 is 0 Å². The van der Waals surface area contributed by atoms with E-state index in [0.717, 1.165) is 30.4 Å². The molecule has 3 atom stereocenters. The lowest BCUT2D eigenvalue weighted by Crippen LogP contribution is -2.46. The quantitative estimate of drug-likeness (QED) is 0.819. The van der Waals surface area contributed by atoms with E-state index in [1.54, 1.807) is 0 Å². The average Bonchev–Trinajstić information content (AvgIpc) is 3.08. The Morgan fingerprint density at radius 3 is 3.04 bits per heavy atom. The van der Waals surface area contributed by atoms with Crippen LogP contribution in [-0.2, 0) is 9.53 Å². The number of hydrogen-bond acceptors (Lipinski definition) is 3. The van der Waals surface area contributed by atoms with Gasteiger partial charge in [0.1, 0.15) is 5.60 Å². The molecular weight excluding hydrogens is 302 g/mol. The highest BCUT2D eigenvalue weighted by Crippen LogP contribution is 2.28. The van der Waals surface area contributed by atoms with Crippen molar-refractivity contribution in [3.63, 3.8) is 0 Å². The molecule has 128 valence electrons. The van der Waals surface area contributed by atoms with E-state index in [4.69, 9.17) is 4.74 Å². The molecule has 1 aliphatic carbocycles. The molecule has 0 aromatic heterocycles. The summed E-state index contributed by atoms with van der Waals surface area (Å²) in [4.78, 5) is 12.2. The molecule has 1 saturated carbocycles. The molecule has 4 nitrogen and oxygen atoms in total. The molecule has 1 aromatic rings. The predicted molar refractivity (Wildman–Crippen MR) is 92.3 cm³/mol. The van der Waals surface area contributed by atoms with Gasteiger partial charge in [0.15, 0.2) is 0 Å². The van der Waals surface area contributed by atoms with Gasteiger partial charge < -0.3 is 15.2 Å². The molecule has 0 radical (unpaired) electrons. The second-order valence-corrected chi connectivity index (χ2v) is 7.01. The van der Waals surface area contributed by atoms with Crippen LogP contribution in [0.5, 0.6) is 0 Å². The molecule has 2 fully saturated rings. The summed E-state index contributed by atoms with van der Waals surface area (Å²) in [5.74, 6) is 6.14. The minimum atomic E-state index is -1.02. The summed E-state index contributed by atoms with van der Waals surface area (Å²) in [5, 5.41) is 13.9. The third kappa shape index (κ3) is 4.37. The lowest BCUT2D eigenvalue weighted by atomic mass is 9.82. The molecule has 3 rings (SSSR count). The van der Waals surface area contributed by atoms with E-state index in [1.807, 2.05) is 31.2 Å². The zero-order chi connectivity index (χ0) is 17.0. The van der Waals surface area contributed by atoms with Crippen molar-refractivity contribution in [1.82, 2.24) is 5.32 Å². The number of benzene rings is 1. The van der Waals surface area contributed by atoms with Crippen LogP contribution < -0.4 is 5.32 Å². The molecular formula is C20H25NO3. The fourth-order valence-electron chi connectivity index (χ4n) is 3.46. The Morgan fingerprint density at radius 2 is 2.29 bits per heavy atom. The van der Waals surface area contributed by atoms with Crippen LogP contribution in [0.25, 0.3) is 0 Å². The third-order valence-electron chi connectivity index (χ3n) is 4.83. The summed E-state index contributed by atoms with van der Waals surface area (Å²) in [6.07, 6.45) is 3.70. The summed E-state index contributed by atoms with van der Waals surface area (Å²) in [7, 11) is 0. The van der Waals surface area contributed by atoms with Crippen LogP contribution in [0.4, 0.5) is 0 Å². The summed E-state index contributed by atoms with van der Waals surface area (Å²) < 4.78 is 5.27. The fourth-order valence-corrected chi connectivity index (χ4v) is 3.46. The highest BCUT2D eigenvalue weighted by Gasteiger charge is 2.35. The van der Waals surface area contributed by atoms with Gasteiger partial charge in [0, 0.05) is 24.6 Å². The first-order valence-electron chi connectivity index (χ1n) is 8.74. The summed E-state index contributed by atoms with van der Waals surface area (Å²) in [5.41, 5.74) is 1.05. The molecule has 2 N–H and O–H groups in total. The Kier molecular flexibility index (Phi) is 5.23. The van der Waals surface area contributed by atoms with Gasteiger partial charge in [-0.25, -0.2) is 0 Å². The number of ether oxygens (including phenoxy) is 1. The van der Waals surface area contributed by atoms with Crippen molar-refractivity contribution in [3.8, 4) is 11.8 Å². The number of carbonyl (C=O) groups is 1. The molecule has 1 aromatic carbocycles. The number of hydrogen-bond donors (Lipinski definition) is 2. The van der Waals surface area contributed by atoms with Gasteiger partial charge in [-0.05, 0) is 50.3 Å². The van der Waals surface area contributed by atoms with Crippen molar-refractivity contribution < 1.29 is 14.6 Å². The van der Waals surface area contributed by atoms with E-state index in [0.29, 0.717) is 26.1 Å². The number of nitrogens with one attached hydrogen (secondary N) is 1. The number of carbonyl (C=O) groups excluding carboxylic acids is 1. The second-order valence-electron chi connectivity index (χ2n) is 7.01. The first-order chi connectivity index (χ1) is 11.5. The van der Waals surface area contributed by atoms with Gasteiger partial charge in [-0.3, -0.25) is 4.79 Å². The highest BCUT2D eigenvalue weighted by atomic mass is 16.5. The summed E-state index contributed by atoms with van der Waals surface area (Å²) in [6, 6.07) is 7.95. The van der Waals surface area contributed by atoms with Gasteiger partial charge in [-0.15, -0.1) is 0 Å². The first kappa shape index (κ1) is 17.0. The van der Waals surface area contributed by atoms with Crippen molar-refractivity contribution in [2.75, 3.05) is 13.2 Å². The molecule has 2 aliphatic rings. The normalized spacial score (nSPS) is 29.6. The highest BCUT2D eigenvalue weighted by molar-refractivity contribution is 5.79. The number of aryl methyl sites for hydroxylation is 1. The van der Waals surface area contributed by atoms with Crippen LogP contribution in [-0.4, -0.2) is 35.9 Å². The first-order valence-corrected chi connectivity index (χ1v) is 8.74. The topological polar surface area (TPSA) is 58.6 Å². The molecule has 0 unspecified atom stereocenters. The van der Waals surface area contributed by atoms with Crippen LogP contribution in [0.1, 0.15) is 43.2 Å². The largest absolute Gasteiger partial charge is 0.381 e.